The van der Waals surface area contributed by atoms with Gasteiger partial charge >= 0.3 is 0 Å². The summed E-state index contributed by atoms with van der Waals surface area (Å²) in [5, 5.41) is 3.16. The van der Waals surface area contributed by atoms with E-state index >= 15 is 0 Å². The molecule has 1 aromatic heterocycles. The van der Waals surface area contributed by atoms with Gasteiger partial charge in [0.2, 0.25) is 5.79 Å². The highest BCUT2D eigenvalue weighted by molar-refractivity contribution is 6.04. The first-order valence-electron chi connectivity index (χ1n) is 6.32. The van der Waals surface area contributed by atoms with Crippen molar-refractivity contribution in [3.8, 4) is 0 Å². The van der Waals surface area contributed by atoms with Gasteiger partial charge in [-0.15, -0.1) is 0 Å². The molecule has 1 aromatic carbocycles. The average Bonchev–Trinajstić information content (AvgIpc) is 2.37. The number of nitrogens with zero attached hydrogens (tertiary/aromatic N) is 3. The van der Waals surface area contributed by atoms with Crippen molar-refractivity contribution in [2.45, 2.75) is 19.6 Å². The quantitative estimate of drug-likeness (QED) is 0.716. The SMILES string of the molecule is Cc1cc(C)nc(C2(N)N=C(N)c3ccccc3N2)n1. The van der Waals surface area contributed by atoms with Gasteiger partial charge in [0.15, 0.2) is 5.82 Å². The Kier molecular flexibility index (Phi) is 2.69. The first-order valence-corrected chi connectivity index (χ1v) is 6.32. The van der Waals surface area contributed by atoms with Crippen molar-refractivity contribution >= 4 is 11.5 Å². The highest BCUT2D eigenvalue weighted by Gasteiger charge is 2.35. The van der Waals surface area contributed by atoms with Crippen LogP contribution in [-0.2, 0) is 5.79 Å². The number of anilines is 1. The fourth-order valence-electron chi connectivity index (χ4n) is 2.30. The predicted molar refractivity (Wildman–Crippen MR) is 78.2 cm³/mol. The van der Waals surface area contributed by atoms with Gasteiger partial charge in [-0.3, -0.25) is 5.73 Å². The van der Waals surface area contributed by atoms with Crippen molar-refractivity contribution in [3.05, 3.63) is 53.1 Å². The smallest absolute Gasteiger partial charge is 0.246 e. The summed E-state index contributed by atoms with van der Waals surface area (Å²) < 4.78 is 0. The largest absolute Gasteiger partial charge is 0.383 e. The lowest BCUT2D eigenvalue weighted by Crippen LogP contribution is -2.49. The van der Waals surface area contributed by atoms with Crippen LogP contribution >= 0.6 is 0 Å². The standard InChI is InChI=1S/C14H16N6/c1-8-7-9(2)18-13(17-8)14(16)19-11-6-4-3-5-10(11)12(15)20-14/h3-7,19H,16H2,1-2H3,(H2,15,20). The minimum Gasteiger partial charge on any atom is -0.383 e. The summed E-state index contributed by atoms with van der Waals surface area (Å²) in [6.45, 7) is 3.79. The third-order valence-corrected chi connectivity index (χ3v) is 3.15. The van der Waals surface area contributed by atoms with Crippen molar-refractivity contribution < 1.29 is 0 Å². The van der Waals surface area contributed by atoms with Crippen LogP contribution in [0.4, 0.5) is 5.69 Å². The molecular weight excluding hydrogens is 252 g/mol. The molecule has 5 N–H and O–H groups in total. The van der Waals surface area contributed by atoms with E-state index in [-0.39, 0.29) is 0 Å². The van der Waals surface area contributed by atoms with Crippen molar-refractivity contribution in [2.75, 3.05) is 5.32 Å². The van der Waals surface area contributed by atoms with E-state index in [1.807, 2.05) is 44.2 Å². The van der Waals surface area contributed by atoms with Gasteiger partial charge in [-0.1, -0.05) is 12.1 Å². The van der Waals surface area contributed by atoms with E-state index in [4.69, 9.17) is 11.5 Å². The molecule has 2 heterocycles. The Morgan fingerprint density at radius 1 is 1.10 bits per heavy atom. The molecular formula is C14H16N6. The lowest BCUT2D eigenvalue weighted by atomic mass is 10.1. The number of aliphatic imine (C=N–C) groups is 1. The number of amidine groups is 1. The normalized spacial score (nSPS) is 20.9. The molecule has 0 radical (unpaired) electrons. The Bertz CT molecular complexity index is 688. The van der Waals surface area contributed by atoms with Crippen LogP contribution in [0, 0.1) is 13.8 Å². The van der Waals surface area contributed by atoms with Gasteiger partial charge in [0.05, 0.1) is 0 Å². The zero-order chi connectivity index (χ0) is 14.3. The first-order chi connectivity index (χ1) is 9.48. The Balaban J connectivity index is 2.13. The molecule has 0 saturated carbocycles. The molecule has 6 heteroatoms. The zero-order valence-corrected chi connectivity index (χ0v) is 11.4. The number of fused-ring (bicyclic) bond motifs is 1. The first kappa shape index (κ1) is 12.6. The van der Waals surface area contributed by atoms with E-state index in [0.717, 1.165) is 22.6 Å². The van der Waals surface area contributed by atoms with Crippen LogP contribution < -0.4 is 16.8 Å². The highest BCUT2D eigenvalue weighted by atomic mass is 15.3. The fourth-order valence-corrected chi connectivity index (χ4v) is 2.30. The van der Waals surface area contributed by atoms with E-state index in [1.165, 1.54) is 0 Å². The van der Waals surface area contributed by atoms with Gasteiger partial charge in [-0.25, -0.2) is 15.0 Å². The van der Waals surface area contributed by atoms with Crippen LogP contribution in [0.3, 0.4) is 0 Å². The molecule has 0 fully saturated rings. The molecule has 20 heavy (non-hydrogen) atoms. The summed E-state index contributed by atoms with van der Waals surface area (Å²) >= 11 is 0. The monoisotopic (exact) mass is 268 g/mol. The van der Waals surface area contributed by atoms with E-state index in [9.17, 15) is 0 Å². The van der Waals surface area contributed by atoms with Gasteiger partial charge in [-0.2, -0.15) is 0 Å². The number of nitrogens with two attached hydrogens (primary N) is 2. The number of hydrogen-bond donors (Lipinski definition) is 3. The number of para-hydroxylation sites is 1. The third-order valence-electron chi connectivity index (χ3n) is 3.15. The van der Waals surface area contributed by atoms with E-state index < -0.39 is 5.79 Å². The molecule has 1 unspecified atom stereocenters. The molecule has 0 amide bonds. The number of hydrogen-bond acceptors (Lipinski definition) is 6. The third kappa shape index (κ3) is 2.00. The molecule has 3 rings (SSSR count). The maximum absolute atomic E-state index is 6.32. The Morgan fingerprint density at radius 3 is 2.45 bits per heavy atom. The molecule has 1 aliphatic heterocycles. The summed E-state index contributed by atoms with van der Waals surface area (Å²) in [6.07, 6.45) is 0. The summed E-state index contributed by atoms with van der Waals surface area (Å²) in [5.41, 5.74) is 15.7. The second-order valence-corrected chi connectivity index (χ2v) is 4.91. The molecule has 0 aliphatic carbocycles. The number of nitrogens with one attached hydrogen (secondary N) is 1. The molecule has 1 aliphatic rings. The maximum Gasteiger partial charge on any atom is 0.246 e. The zero-order valence-electron chi connectivity index (χ0n) is 11.4. The number of aryl methyl sites for hydroxylation is 2. The summed E-state index contributed by atoms with van der Waals surface area (Å²) in [7, 11) is 0. The Morgan fingerprint density at radius 2 is 1.75 bits per heavy atom. The topological polar surface area (TPSA) is 102 Å². The molecule has 1 atom stereocenters. The predicted octanol–water partition coefficient (Wildman–Crippen LogP) is 0.993. The molecule has 0 spiro atoms. The second kappa shape index (κ2) is 4.28. The van der Waals surface area contributed by atoms with Gasteiger partial charge < -0.3 is 11.1 Å². The second-order valence-electron chi connectivity index (χ2n) is 4.91. The number of aromatic nitrogens is 2. The minimum atomic E-state index is -1.24. The molecule has 2 aromatic rings. The van der Waals surface area contributed by atoms with E-state index in [2.05, 4.69) is 20.3 Å². The number of benzene rings is 1. The van der Waals surface area contributed by atoms with Crippen molar-refractivity contribution in [1.29, 1.82) is 0 Å². The molecule has 0 bridgehead atoms. The Labute approximate surface area is 117 Å². The fraction of sp³-hybridized carbons (Fsp3) is 0.214. The van der Waals surface area contributed by atoms with Crippen LogP contribution in [-0.4, -0.2) is 15.8 Å². The minimum absolute atomic E-state index is 0.379. The van der Waals surface area contributed by atoms with Crippen molar-refractivity contribution in [2.24, 2.45) is 16.5 Å². The summed E-state index contributed by atoms with van der Waals surface area (Å²) in [5.74, 6) is -0.452. The van der Waals surface area contributed by atoms with E-state index in [1.54, 1.807) is 0 Å². The average molecular weight is 268 g/mol. The molecule has 102 valence electrons. The van der Waals surface area contributed by atoms with Crippen LogP contribution in [0.1, 0.15) is 22.8 Å². The van der Waals surface area contributed by atoms with Gasteiger partial charge in [0.1, 0.15) is 5.84 Å². The summed E-state index contributed by atoms with van der Waals surface area (Å²) in [6, 6.07) is 9.49. The van der Waals surface area contributed by atoms with Crippen molar-refractivity contribution in [1.82, 2.24) is 9.97 Å². The van der Waals surface area contributed by atoms with Gasteiger partial charge in [-0.05, 0) is 32.0 Å². The lowest BCUT2D eigenvalue weighted by molar-refractivity contribution is 0.496. The molecule has 0 saturated heterocycles. The highest BCUT2D eigenvalue weighted by Crippen LogP contribution is 2.28. The molecule has 6 nitrogen and oxygen atoms in total. The van der Waals surface area contributed by atoms with Crippen molar-refractivity contribution in [3.63, 3.8) is 0 Å². The van der Waals surface area contributed by atoms with Gasteiger partial charge in [0, 0.05) is 22.6 Å². The van der Waals surface area contributed by atoms with Crippen LogP contribution in [0.5, 0.6) is 0 Å². The Hall–Kier alpha value is -2.47. The maximum atomic E-state index is 6.32. The van der Waals surface area contributed by atoms with Gasteiger partial charge in [0.25, 0.3) is 0 Å². The summed E-state index contributed by atoms with van der Waals surface area (Å²) in [4.78, 5) is 13.1. The van der Waals surface area contributed by atoms with Crippen LogP contribution in [0.25, 0.3) is 0 Å². The number of rotatable bonds is 1. The van der Waals surface area contributed by atoms with Crippen LogP contribution in [0.2, 0.25) is 0 Å². The van der Waals surface area contributed by atoms with Crippen LogP contribution in [0.15, 0.2) is 35.3 Å². The lowest BCUT2D eigenvalue weighted by Gasteiger charge is -2.31. The van der Waals surface area contributed by atoms with E-state index in [0.29, 0.717) is 11.7 Å².